The molecular formula is C16H25N3O2. The van der Waals surface area contributed by atoms with Crippen LogP contribution in [0.25, 0.3) is 0 Å². The summed E-state index contributed by atoms with van der Waals surface area (Å²) < 4.78 is 5.30. The highest BCUT2D eigenvalue weighted by Gasteiger charge is 2.35. The third-order valence-corrected chi connectivity index (χ3v) is 3.85. The number of hydrogen-bond acceptors (Lipinski definition) is 4. The molecule has 1 amide bonds. The number of benzene rings is 1. The number of likely N-dealkylation sites (N-methyl/N-ethyl adjacent to an activating group) is 1. The molecule has 0 spiro atoms. The number of carbonyl (C=O) groups excluding carboxylic acids is 1. The minimum Gasteiger partial charge on any atom is -0.496 e. The Morgan fingerprint density at radius 1 is 1.48 bits per heavy atom. The van der Waals surface area contributed by atoms with Crippen molar-refractivity contribution in [3.63, 3.8) is 0 Å². The summed E-state index contributed by atoms with van der Waals surface area (Å²) in [5.41, 5.74) is 2.18. The number of ether oxygens (including phenoxy) is 1. The monoisotopic (exact) mass is 291 g/mol. The molecule has 1 aliphatic rings. The highest BCUT2D eigenvalue weighted by Crippen LogP contribution is 2.28. The van der Waals surface area contributed by atoms with Crippen molar-refractivity contribution in [2.75, 3.05) is 34.3 Å². The van der Waals surface area contributed by atoms with Gasteiger partial charge in [-0.25, -0.2) is 0 Å². The van der Waals surface area contributed by atoms with Crippen LogP contribution in [-0.2, 0) is 4.79 Å². The molecular weight excluding hydrogens is 266 g/mol. The quantitative estimate of drug-likeness (QED) is 0.890. The third-order valence-electron chi connectivity index (χ3n) is 3.85. The zero-order valence-corrected chi connectivity index (χ0v) is 13.5. The molecule has 116 valence electrons. The number of rotatable bonds is 5. The summed E-state index contributed by atoms with van der Waals surface area (Å²) in [6.07, 6.45) is -0.0583. The molecule has 0 bridgehead atoms. The first-order valence-electron chi connectivity index (χ1n) is 7.28. The lowest BCUT2D eigenvalue weighted by Gasteiger charge is -2.32. The fourth-order valence-electron chi connectivity index (χ4n) is 2.98. The van der Waals surface area contributed by atoms with E-state index in [0.29, 0.717) is 6.54 Å². The van der Waals surface area contributed by atoms with E-state index in [-0.39, 0.29) is 18.1 Å². The zero-order valence-electron chi connectivity index (χ0n) is 13.5. The molecule has 2 unspecified atom stereocenters. The van der Waals surface area contributed by atoms with Crippen LogP contribution >= 0.6 is 0 Å². The second kappa shape index (κ2) is 6.45. The van der Waals surface area contributed by atoms with Gasteiger partial charge in [-0.05, 0) is 51.2 Å². The molecule has 0 aromatic heterocycles. The molecule has 1 aliphatic heterocycles. The Bertz CT molecular complexity index is 516. The fraction of sp³-hybridized carbons (Fsp3) is 0.562. The molecule has 1 N–H and O–H groups in total. The first-order chi connectivity index (χ1) is 9.93. The topological polar surface area (TPSA) is 44.8 Å². The Hall–Kier alpha value is -1.59. The van der Waals surface area contributed by atoms with Crippen molar-refractivity contribution in [1.29, 1.82) is 0 Å². The van der Waals surface area contributed by atoms with E-state index in [0.717, 1.165) is 23.4 Å². The van der Waals surface area contributed by atoms with Gasteiger partial charge in [0.25, 0.3) is 0 Å². The van der Waals surface area contributed by atoms with Crippen molar-refractivity contribution in [3.05, 3.63) is 29.3 Å². The average Bonchev–Trinajstić information content (AvgIpc) is 2.79. The molecule has 0 radical (unpaired) electrons. The summed E-state index contributed by atoms with van der Waals surface area (Å²) in [7, 11) is 5.72. The van der Waals surface area contributed by atoms with Crippen molar-refractivity contribution in [2.45, 2.75) is 26.1 Å². The van der Waals surface area contributed by atoms with Crippen LogP contribution in [0.4, 0.5) is 0 Å². The van der Waals surface area contributed by atoms with Gasteiger partial charge in [-0.1, -0.05) is 6.07 Å². The molecule has 1 fully saturated rings. The highest BCUT2D eigenvalue weighted by molar-refractivity contribution is 5.81. The normalized spacial score (nSPS) is 20.2. The number of methoxy groups -OCH3 is 1. The molecule has 1 aromatic rings. The van der Waals surface area contributed by atoms with E-state index >= 15 is 0 Å². The van der Waals surface area contributed by atoms with Gasteiger partial charge in [0, 0.05) is 12.6 Å². The summed E-state index contributed by atoms with van der Waals surface area (Å²) in [5.74, 6) is 1.03. The van der Waals surface area contributed by atoms with E-state index in [2.05, 4.69) is 23.2 Å². The lowest BCUT2D eigenvalue weighted by molar-refractivity contribution is -0.130. The van der Waals surface area contributed by atoms with Gasteiger partial charge in [-0.3, -0.25) is 10.1 Å². The van der Waals surface area contributed by atoms with Crippen molar-refractivity contribution >= 4 is 5.91 Å². The van der Waals surface area contributed by atoms with Crippen LogP contribution < -0.4 is 10.1 Å². The van der Waals surface area contributed by atoms with E-state index in [1.807, 2.05) is 38.1 Å². The standard InChI is InChI=1S/C16H25N3O2/c1-11-8-13(6-7-14(11)21-5)16-17-9-15(20)19(16)12(2)10-18(3)4/h6-8,12,16-17H,9-10H2,1-5H3. The molecule has 5 nitrogen and oxygen atoms in total. The fourth-order valence-corrected chi connectivity index (χ4v) is 2.98. The molecule has 1 saturated heterocycles. The number of nitrogens with zero attached hydrogens (tertiary/aromatic N) is 2. The van der Waals surface area contributed by atoms with Crippen LogP contribution in [0.5, 0.6) is 5.75 Å². The van der Waals surface area contributed by atoms with Crippen LogP contribution in [0.1, 0.15) is 24.2 Å². The summed E-state index contributed by atoms with van der Waals surface area (Å²) >= 11 is 0. The lowest BCUT2D eigenvalue weighted by Crippen LogP contribution is -2.43. The molecule has 0 saturated carbocycles. The molecule has 21 heavy (non-hydrogen) atoms. The number of amides is 1. The maximum Gasteiger partial charge on any atom is 0.238 e. The van der Waals surface area contributed by atoms with Crippen molar-refractivity contribution in [2.24, 2.45) is 0 Å². The average molecular weight is 291 g/mol. The van der Waals surface area contributed by atoms with Gasteiger partial charge < -0.3 is 14.5 Å². The smallest absolute Gasteiger partial charge is 0.238 e. The predicted molar refractivity (Wildman–Crippen MR) is 83.3 cm³/mol. The molecule has 5 heteroatoms. The predicted octanol–water partition coefficient (Wildman–Crippen LogP) is 1.38. The highest BCUT2D eigenvalue weighted by atomic mass is 16.5. The summed E-state index contributed by atoms with van der Waals surface area (Å²) in [6, 6.07) is 6.24. The van der Waals surface area contributed by atoms with Gasteiger partial charge in [-0.15, -0.1) is 0 Å². The van der Waals surface area contributed by atoms with Crippen molar-refractivity contribution < 1.29 is 9.53 Å². The molecule has 1 aromatic carbocycles. The van der Waals surface area contributed by atoms with E-state index < -0.39 is 0 Å². The largest absolute Gasteiger partial charge is 0.496 e. The number of aryl methyl sites for hydroxylation is 1. The second-order valence-electron chi connectivity index (χ2n) is 5.92. The Balaban J connectivity index is 2.25. The van der Waals surface area contributed by atoms with Crippen LogP contribution in [0.15, 0.2) is 18.2 Å². The first kappa shape index (κ1) is 15.8. The minimum absolute atomic E-state index is 0.0583. The number of carbonyl (C=O) groups is 1. The zero-order chi connectivity index (χ0) is 15.6. The van der Waals surface area contributed by atoms with Crippen LogP contribution in [0, 0.1) is 6.92 Å². The molecule has 2 atom stereocenters. The van der Waals surface area contributed by atoms with E-state index in [9.17, 15) is 4.79 Å². The molecule has 2 rings (SSSR count). The number of hydrogen-bond donors (Lipinski definition) is 1. The van der Waals surface area contributed by atoms with Crippen LogP contribution in [-0.4, -0.2) is 56.0 Å². The summed E-state index contributed by atoms with van der Waals surface area (Å²) in [6.45, 7) is 5.35. The van der Waals surface area contributed by atoms with Gasteiger partial charge in [0.2, 0.25) is 5.91 Å². The van der Waals surface area contributed by atoms with E-state index in [4.69, 9.17) is 4.74 Å². The lowest BCUT2D eigenvalue weighted by atomic mass is 10.1. The summed E-state index contributed by atoms with van der Waals surface area (Å²) in [5, 5.41) is 3.31. The maximum absolute atomic E-state index is 12.2. The van der Waals surface area contributed by atoms with E-state index in [1.165, 1.54) is 0 Å². The third kappa shape index (κ3) is 3.36. The maximum atomic E-state index is 12.2. The van der Waals surface area contributed by atoms with E-state index in [1.54, 1.807) is 7.11 Å². The number of nitrogens with one attached hydrogen (secondary N) is 1. The minimum atomic E-state index is -0.0583. The first-order valence-corrected chi connectivity index (χ1v) is 7.28. The Morgan fingerprint density at radius 3 is 2.76 bits per heavy atom. The van der Waals surface area contributed by atoms with Crippen molar-refractivity contribution in [1.82, 2.24) is 15.1 Å². The van der Waals surface area contributed by atoms with Gasteiger partial charge in [0.15, 0.2) is 0 Å². The van der Waals surface area contributed by atoms with Gasteiger partial charge in [0.1, 0.15) is 11.9 Å². The SMILES string of the molecule is COc1ccc(C2NCC(=O)N2C(C)CN(C)C)cc1C. The van der Waals surface area contributed by atoms with Crippen LogP contribution in [0.2, 0.25) is 0 Å². The Morgan fingerprint density at radius 2 is 2.19 bits per heavy atom. The van der Waals surface area contributed by atoms with Crippen LogP contribution in [0.3, 0.4) is 0 Å². The molecule has 0 aliphatic carbocycles. The summed E-state index contributed by atoms with van der Waals surface area (Å²) in [4.78, 5) is 16.3. The van der Waals surface area contributed by atoms with Gasteiger partial charge in [0.05, 0.1) is 13.7 Å². The second-order valence-corrected chi connectivity index (χ2v) is 5.92. The van der Waals surface area contributed by atoms with Gasteiger partial charge in [-0.2, -0.15) is 0 Å². The Labute approximate surface area is 126 Å². The Kier molecular flexibility index (Phi) is 4.85. The van der Waals surface area contributed by atoms with Gasteiger partial charge >= 0.3 is 0 Å². The molecule has 1 heterocycles. The van der Waals surface area contributed by atoms with Crippen molar-refractivity contribution in [3.8, 4) is 5.75 Å².